The first-order valence-electron chi connectivity index (χ1n) is 17.5. The number of aromatic amines is 1. The van der Waals surface area contributed by atoms with Gasteiger partial charge in [-0.2, -0.15) is 0 Å². The number of hydrogen-bond donors (Lipinski definition) is 4. The number of halogens is 1. The highest BCUT2D eigenvalue weighted by atomic mass is 19.1. The molecule has 5 heterocycles. The summed E-state index contributed by atoms with van der Waals surface area (Å²) in [4.78, 5) is 47.3. The minimum absolute atomic E-state index is 0.102. The highest BCUT2D eigenvalue weighted by Crippen LogP contribution is 2.41. The van der Waals surface area contributed by atoms with Crippen molar-refractivity contribution in [3.05, 3.63) is 96.2 Å². The Kier molecular flexibility index (Phi) is 8.99. The third-order valence-corrected chi connectivity index (χ3v) is 10.3. The molecule has 1 saturated carbocycles. The summed E-state index contributed by atoms with van der Waals surface area (Å²) in [7, 11) is 0. The Morgan fingerprint density at radius 3 is 2.63 bits per heavy atom. The average molecular weight is 703 g/mol. The summed E-state index contributed by atoms with van der Waals surface area (Å²) in [5.74, 6) is -1.11. The number of carbonyl (C=O) groups is 2. The van der Waals surface area contributed by atoms with Crippen LogP contribution >= 0.6 is 0 Å². The summed E-state index contributed by atoms with van der Waals surface area (Å²) < 4.78 is 20.4. The third-order valence-electron chi connectivity index (χ3n) is 10.3. The van der Waals surface area contributed by atoms with Gasteiger partial charge in [-0.25, -0.2) is 19.3 Å². The van der Waals surface area contributed by atoms with Crippen molar-refractivity contribution in [1.82, 2.24) is 24.8 Å². The molecule has 0 unspecified atom stereocenters. The normalized spacial score (nSPS) is 17.9. The number of carbonyl (C=O) groups excluding carboxylic acids is 2. The van der Waals surface area contributed by atoms with Gasteiger partial charge in [0.05, 0.1) is 48.5 Å². The number of nitrogens with zero attached hydrogens (tertiary/aromatic N) is 5. The number of ether oxygens (including phenoxy) is 1. The monoisotopic (exact) mass is 702 g/mol. The van der Waals surface area contributed by atoms with Gasteiger partial charge in [0.25, 0.3) is 5.91 Å². The van der Waals surface area contributed by atoms with Gasteiger partial charge in [-0.1, -0.05) is 18.7 Å². The molecule has 0 spiro atoms. The van der Waals surface area contributed by atoms with Gasteiger partial charge in [-0.05, 0) is 73.7 Å². The quantitative estimate of drug-likeness (QED) is 0.139. The summed E-state index contributed by atoms with van der Waals surface area (Å²) in [6.07, 6.45) is 6.23. The van der Waals surface area contributed by atoms with Crippen LogP contribution in [0.1, 0.15) is 47.2 Å². The first kappa shape index (κ1) is 33.6. The van der Waals surface area contributed by atoms with Gasteiger partial charge in [0.1, 0.15) is 23.6 Å². The molecule has 1 atom stereocenters. The number of piperazine rings is 1. The number of benzene rings is 2. The van der Waals surface area contributed by atoms with E-state index < -0.39 is 18.3 Å². The number of aliphatic hydroxyl groups is 1. The van der Waals surface area contributed by atoms with E-state index in [2.05, 4.69) is 53.9 Å². The van der Waals surface area contributed by atoms with E-state index in [4.69, 9.17) is 4.74 Å². The number of pyridine rings is 1. The molecule has 2 amide bonds. The molecule has 13 heteroatoms. The van der Waals surface area contributed by atoms with Crippen LogP contribution in [0.3, 0.4) is 0 Å². The maximum Gasteiger partial charge on any atom is 0.259 e. The SMILES string of the molecule is C=CC(=O)Nc1cc(-c2cc3c(-c4ccnc(NC(=O)c5ccc(C6CC6)cc5F)c4CO)ncnc3[nH]2)ccc1N1CCN(C2COC2)C[C@@H]1C. The summed E-state index contributed by atoms with van der Waals surface area (Å²) in [5.41, 5.74) is 5.84. The number of aromatic nitrogens is 4. The van der Waals surface area contributed by atoms with Crippen LogP contribution in [0.4, 0.5) is 21.6 Å². The van der Waals surface area contributed by atoms with E-state index in [-0.39, 0.29) is 23.3 Å². The number of rotatable bonds is 10. The smallest absolute Gasteiger partial charge is 0.259 e. The van der Waals surface area contributed by atoms with Crippen molar-refractivity contribution in [1.29, 1.82) is 0 Å². The number of H-pyrrole nitrogens is 1. The van der Waals surface area contributed by atoms with Crippen molar-refractivity contribution in [2.45, 2.75) is 44.4 Å². The molecule has 3 aliphatic rings. The molecule has 2 aliphatic heterocycles. The molecule has 0 radical (unpaired) electrons. The van der Waals surface area contributed by atoms with Gasteiger partial charge in [0.2, 0.25) is 5.91 Å². The second kappa shape index (κ2) is 13.9. The van der Waals surface area contributed by atoms with Gasteiger partial charge in [0.15, 0.2) is 0 Å². The van der Waals surface area contributed by atoms with Gasteiger partial charge in [0, 0.05) is 59.6 Å². The molecule has 1 aliphatic carbocycles. The lowest BCUT2D eigenvalue weighted by Gasteiger charge is -2.46. The molecule has 12 nitrogen and oxygen atoms in total. The molecule has 3 fully saturated rings. The van der Waals surface area contributed by atoms with Crippen molar-refractivity contribution in [2.75, 3.05) is 48.4 Å². The van der Waals surface area contributed by atoms with Crippen LogP contribution in [-0.4, -0.2) is 86.7 Å². The number of hydrogen-bond acceptors (Lipinski definition) is 9. The topological polar surface area (TPSA) is 149 Å². The Morgan fingerprint density at radius 1 is 1.08 bits per heavy atom. The zero-order valence-corrected chi connectivity index (χ0v) is 28.7. The molecule has 2 saturated heterocycles. The Balaban J connectivity index is 1.10. The fourth-order valence-corrected chi connectivity index (χ4v) is 7.20. The minimum Gasteiger partial charge on any atom is -0.392 e. The first-order chi connectivity index (χ1) is 25.3. The summed E-state index contributed by atoms with van der Waals surface area (Å²) in [6, 6.07) is 15.0. The number of nitrogens with one attached hydrogen (secondary N) is 3. The molecule has 4 N–H and O–H groups in total. The fraction of sp³-hybridized carbons (Fsp3) is 0.308. The Morgan fingerprint density at radius 2 is 1.92 bits per heavy atom. The van der Waals surface area contributed by atoms with E-state index in [0.717, 1.165) is 68.2 Å². The van der Waals surface area contributed by atoms with Crippen LogP contribution in [0.2, 0.25) is 0 Å². The lowest BCUT2D eigenvalue weighted by molar-refractivity contribution is -0.111. The van der Waals surface area contributed by atoms with Crippen LogP contribution in [0.25, 0.3) is 33.5 Å². The first-order valence-corrected chi connectivity index (χ1v) is 17.5. The standard InChI is InChI=1S/C39H39FN8O4/c1-3-35(50)44-33-15-25(7-9-34(33)48-13-12-47(17-22(48)2)26-19-52-20-26)32-16-29-36(42-21-43-37(29)45-32)27-10-11-41-38(30(27)18-49)46-39(51)28-8-6-24(14-31(28)40)23-4-5-23/h3,6-11,14-16,21-23,26,49H,1,4-5,12-13,17-20H2,2H3,(H,44,50)(H,41,46,51)(H,42,43,45)/t22-/m0/s1. The van der Waals surface area contributed by atoms with Gasteiger partial charge < -0.3 is 30.4 Å². The lowest BCUT2D eigenvalue weighted by Crippen LogP contribution is -2.59. The van der Waals surface area contributed by atoms with Crippen LogP contribution in [0.5, 0.6) is 0 Å². The number of fused-ring (bicyclic) bond motifs is 1. The molecule has 0 bridgehead atoms. The molecule has 8 rings (SSSR count). The minimum atomic E-state index is -0.664. The van der Waals surface area contributed by atoms with Gasteiger partial charge in [-0.15, -0.1) is 0 Å². The highest BCUT2D eigenvalue weighted by molar-refractivity contribution is 6.05. The van der Waals surface area contributed by atoms with Crippen LogP contribution in [-0.2, 0) is 16.1 Å². The van der Waals surface area contributed by atoms with Crippen molar-refractivity contribution in [3.63, 3.8) is 0 Å². The van der Waals surface area contributed by atoms with E-state index in [0.29, 0.717) is 45.5 Å². The van der Waals surface area contributed by atoms with E-state index in [1.807, 2.05) is 24.3 Å². The Labute approximate surface area is 299 Å². The van der Waals surface area contributed by atoms with Crippen LogP contribution < -0.4 is 15.5 Å². The number of amides is 2. The van der Waals surface area contributed by atoms with E-state index in [1.165, 1.54) is 30.7 Å². The molecule has 3 aromatic heterocycles. The Hall–Kier alpha value is -5.50. The predicted octanol–water partition coefficient (Wildman–Crippen LogP) is 5.48. The Bertz CT molecular complexity index is 2200. The van der Waals surface area contributed by atoms with Crippen molar-refractivity contribution in [2.24, 2.45) is 0 Å². The zero-order valence-electron chi connectivity index (χ0n) is 28.7. The van der Waals surface area contributed by atoms with Crippen molar-refractivity contribution in [3.8, 4) is 22.5 Å². The second-order valence-electron chi connectivity index (χ2n) is 13.6. The molecule has 5 aromatic rings. The van der Waals surface area contributed by atoms with E-state index in [1.54, 1.807) is 12.1 Å². The van der Waals surface area contributed by atoms with Gasteiger partial charge in [-0.3, -0.25) is 14.5 Å². The van der Waals surface area contributed by atoms with E-state index in [9.17, 15) is 19.1 Å². The van der Waals surface area contributed by atoms with Crippen molar-refractivity contribution >= 4 is 40.0 Å². The van der Waals surface area contributed by atoms with Crippen LogP contribution in [0, 0.1) is 5.82 Å². The number of aliphatic hydroxyl groups excluding tert-OH is 1. The summed E-state index contributed by atoms with van der Waals surface area (Å²) in [6.45, 7) is 9.53. The molecule has 52 heavy (non-hydrogen) atoms. The third kappa shape index (κ3) is 6.42. The van der Waals surface area contributed by atoms with Crippen molar-refractivity contribution < 1.29 is 23.8 Å². The largest absolute Gasteiger partial charge is 0.392 e. The number of anilines is 3. The van der Waals surface area contributed by atoms with Gasteiger partial charge >= 0.3 is 0 Å². The lowest BCUT2D eigenvalue weighted by atomic mass is 10.0. The average Bonchev–Trinajstić information content (AvgIpc) is 3.88. The maximum absolute atomic E-state index is 14.9. The fourth-order valence-electron chi connectivity index (χ4n) is 7.20. The molecular weight excluding hydrogens is 663 g/mol. The maximum atomic E-state index is 14.9. The molecule has 2 aromatic carbocycles. The zero-order chi connectivity index (χ0) is 35.9. The van der Waals surface area contributed by atoms with E-state index >= 15 is 0 Å². The summed E-state index contributed by atoms with van der Waals surface area (Å²) in [5, 5.41) is 16.9. The molecule has 266 valence electrons. The van der Waals surface area contributed by atoms with Crippen LogP contribution in [0.15, 0.2) is 73.7 Å². The second-order valence-corrected chi connectivity index (χ2v) is 13.6. The predicted molar refractivity (Wildman–Crippen MR) is 197 cm³/mol. The molecular formula is C39H39FN8O4. The highest BCUT2D eigenvalue weighted by Gasteiger charge is 2.33. The summed E-state index contributed by atoms with van der Waals surface area (Å²) >= 11 is 0.